The lowest BCUT2D eigenvalue weighted by Gasteiger charge is -2.11. The van der Waals surface area contributed by atoms with Crippen LogP contribution in [0.15, 0.2) is 35.1 Å². The molecule has 0 unspecified atom stereocenters. The number of aromatic nitrogens is 2. The molecule has 1 aromatic carbocycles. The number of amides is 1. The lowest BCUT2D eigenvalue weighted by Crippen LogP contribution is -2.26. The van der Waals surface area contributed by atoms with E-state index < -0.39 is 0 Å². The molecule has 0 saturated heterocycles. The van der Waals surface area contributed by atoms with Crippen molar-refractivity contribution < 1.29 is 9.53 Å². The fraction of sp³-hybridized carbons (Fsp3) is 0.312. The molecular formula is C16H19N3O3. The molecule has 1 N–H and O–H groups in total. The third kappa shape index (κ3) is 3.52. The molecule has 0 aliphatic carbocycles. The summed E-state index contributed by atoms with van der Waals surface area (Å²) < 4.78 is 6.52. The summed E-state index contributed by atoms with van der Waals surface area (Å²) >= 11 is 0. The van der Waals surface area contributed by atoms with E-state index in [0.717, 1.165) is 12.0 Å². The largest absolute Gasteiger partial charge is 0.495 e. The lowest BCUT2D eigenvalue weighted by atomic mass is 10.2. The molecule has 6 nitrogen and oxygen atoms in total. The molecule has 1 aromatic heterocycles. The number of nitrogens with one attached hydrogen (secondary N) is 1. The average Bonchev–Trinajstić information content (AvgIpc) is 2.50. The van der Waals surface area contributed by atoms with Gasteiger partial charge in [-0.3, -0.25) is 9.59 Å². The van der Waals surface area contributed by atoms with E-state index in [1.54, 1.807) is 13.2 Å². The SMILES string of the molecule is CCCn1nc(C(=O)Nc2cc(C)ccc2OC)ccc1=O. The van der Waals surface area contributed by atoms with E-state index >= 15 is 0 Å². The maximum atomic E-state index is 12.3. The molecule has 0 bridgehead atoms. The number of rotatable bonds is 5. The highest BCUT2D eigenvalue weighted by molar-refractivity contribution is 6.03. The van der Waals surface area contributed by atoms with Gasteiger partial charge < -0.3 is 10.1 Å². The summed E-state index contributed by atoms with van der Waals surface area (Å²) in [5, 5.41) is 6.85. The van der Waals surface area contributed by atoms with Crippen molar-refractivity contribution >= 4 is 11.6 Å². The van der Waals surface area contributed by atoms with Crippen LogP contribution in [-0.2, 0) is 6.54 Å². The van der Waals surface area contributed by atoms with Gasteiger partial charge in [0.25, 0.3) is 11.5 Å². The molecule has 0 radical (unpaired) electrons. The van der Waals surface area contributed by atoms with E-state index in [1.807, 2.05) is 26.0 Å². The van der Waals surface area contributed by atoms with E-state index in [0.29, 0.717) is 18.0 Å². The predicted molar refractivity (Wildman–Crippen MR) is 84.5 cm³/mol. The molecule has 1 amide bonds. The van der Waals surface area contributed by atoms with Crippen LogP contribution >= 0.6 is 0 Å². The van der Waals surface area contributed by atoms with Crippen LogP contribution in [0.5, 0.6) is 5.75 Å². The van der Waals surface area contributed by atoms with Crippen LogP contribution in [0, 0.1) is 6.92 Å². The number of methoxy groups -OCH3 is 1. The van der Waals surface area contributed by atoms with E-state index in [4.69, 9.17) is 4.74 Å². The number of carbonyl (C=O) groups is 1. The lowest BCUT2D eigenvalue weighted by molar-refractivity contribution is 0.101. The number of carbonyl (C=O) groups excluding carboxylic acids is 1. The first-order chi connectivity index (χ1) is 10.5. The average molecular weight is 301 g/mol. The quantitative estimate of drug-likeness (QED) is 0.919. The van der Waals surface area contributed by atoms with Crippen LogP contribution in [-0.4, -0.2) is 22.8 Å². The van der Waals surface area contributed by atoms with Crippen molar-refractivity contribution in [1.82, 2.24) is 9.78 Å². The highest BCUT2D eigenvalue weighted by Gasteiger charge is 2.12. The monoisotopic (exact) mass is 301 g/mol. The van der Waals surface area contributed by atoms with Gasteiger partial charge in [-0.05, 0) is 37.1 Å². The van der Waals surface area contributed by atoms with Crippen molar-refractivity contribution in [3.05, 3.63) is 51.9 Å². The van der Waals surface area contributed by atoms with E-state index in [9.17, 15) is 9.59 Å². The van der Waals surface area contributed by atoms with Crippen LogP contribution in [0.25, 0.3) is 0 Å². The van der Waals surface area contributed by atoms with Crippen molar-refractivity contribution in [3.8, 4) is 5.75 Å². The molecule has 0 saturated carbocycles. The second kappa shape index (κ2) is 6.89. The molecule has 0 spiro atoms. The zero-order valence-corrected chi connectivity index (χ0v) is 12.9. The van der Waals surface area contributed by atoms with Gasteiger partial charge in [-0.2, -0.15) is 5.10 Å². The Balaban J connectivity index is 2.28. The smallest absolute Gasteiger partial charge is 0.276 e. The Kier molecular flexibility index (Phi) is 4.93. The highest BCUT2D eigenvalue weighted by Crippen LogP contribution is 2.25. The minimum absolute atomic E-state index is 0.191. The Labute approximate surface area is 128 Å². The van der Waals surface area contributed by atoms with Gasteiger partial charge >= 0.3 is 0 Å². The van der Waals surface area contributed by atoms with Crippen LogP contribution in [0.2, 0.25) is 0 Å². The molecule has 0 fully saturated rings. The van der Waals surface area contributed by atoms with Crippen molar-refractivity contribution in [2.24, 2.45) is 0 Å². The number of hydrogen-bond acceptors (Lipinski definition) is 4. The van der Waals surface area contributed by atoms with Gasteiger partial charge in [0, 0.05) is 12.6 Å². The normalized spacial score (nSPS) is 10.3. The summed E-state index contributed by atoms with van der Waals surface area (Å²) in [6, 6.07) is 8.28. The third-order valence-electron chi connectivity index (χ3n) is 3.14. The van der Waals surface area contributed by atoms with Gasteiger partial charge in [0.2, 0.25) is 0 Å². The number of nitrogens with zero attached hydrogens (tertiary/aromatic N) is 2. The number of hydrogen-bond donors (Lipinski definition) is 1. The second-order valence-corrected chi connectivity index (χ2v) is 4.94. The zero-order chi connectivity index (χ0) is 16.1. The Morgan fingerprint density at radius 1 is 1.32 bits per heavy atom. The predicted octanol–water partition coefficient (Wildman–Crippen LogP) is 2.22. The van der Waals surface area contributed by atoms with Crippen LogP contribution < -0.4 is 15.6 Å². The summed E-state index contributed by atoms with van der Waals surface area (Å²) in [5.74, 6) is 0.189. The van der Waals surface area contributed by atoms with Crippen molar-refractivity contribution in [2.45, 2.75) is 26.8 Å². The first-order valence-electron chi connectivity index (χ1n) is 7.09. The first-order valence-corrected chi connectivity index (χ1v) is 7.09. The van der Waals surface area contributed by atoms with Gasteiger partial charge in [0.05, 0.1) is 12.8 Å². The topological polar surface area (TPSA) is 73.2 Å². The third-order valence-corrected chi connectivity index (χ3v) is 3.14. The molecule has 22 heavy (non-hydrogen) atoms. The van der Waals surface area contributed by atoms with Crippen molar-refractivity contribution in [2.75, 3.05) is 12.4 Å². The standard InChI is InChI=1S/C16H19N3O3/c1-4-9-19-15(20)8-6-12(18-19)16(21)17-13-10-11(2)5-7-14(13)22-3/h5-8,10H,4,9H2,1-3H3,(H,17,21). The molecule has 2 aromatic rings. The maximum absolute atomic E-state index is 12.3. The molecule has 0 atom stereocenters. The van der Waals surface area contributed by atoms with Gasteiger partial charge in [0.15, 0.2) is 0 Å². The number of ether oxygens (including phenoxy) is 1. The summed E-state index contributed by atoms with van der Waals surface area (Å²) in [6.45, 7) is 4.35. The molecule has 6 heteroatoms. The van der Waals surface area contributed by atoms with Crippen molar-refractivity contribution in [1.29, 1.82) is 0 Å². The fourth-order valence-corrected chi connectivity index (χ4v) is 2.05. The van der Waals surface area contributed by atoms with Crippen LogP contribution in [0.1, 0.15) is 29.4 Å². The second-order valence-electron chi connectivity index (χ2n) is 4.94. The Morgan fingerprint density at radius 3 is 2.77 bits per heavy atom. The first kappa shape index (κ1) is 15.8. The van der Waals surface area contributed by atoms with Crippen LogP contribution in [0.4, 0.5) is 5.69 Å². The number of aryl methyl sites for hydroxylation is 2. The number of anilines is 1. The fourth-order valence-electron chi connectivity index (χ4n) is 2.05. The molecule has 2 rings (SSSR count). The molecular weight excluding hydrogens is 282 g/mol. The van der Waals surface area contributed by atoms with Crippen LogP contribution in [0.3, 0.4) is 0 Å². The summed E-state index contributed by atoms with van der Waals surface area (Å²) in [7, 11) is 1.54. The highest BCUT2D eigenvalue weighted by atomic mass is 16.5. The van der Waals surface area contributed by atoms with E-state index in [2.05, 4.69) is 10.4 Å². The molecule has 0 aliphatic heterocycles. The zero-order valence-electron chi connectivity index (χ0n) is 12.9. The Hall–Kier alpha value is -2.63. The molecule has 1 heterocycles. The minimum Gasteiger partial charge on any atom is -0.495 e. The van der Waals surface area contributed by atoms with Crippen molar-refractivity contribution in [3.63, 3.8) is 0 Å². The summed E-state index contributed by atoms with van der Waals surface area (Å²) in [6.07, 6.45) is 0.768. The van der Waals surface area contributed by atoms with Gasteiger partial charge in [0.1, 0.15) is 11.4 Å². The van der Waals surface area contributed by atoms with Gasteiger partial charge in [-0.25, -0.2) is 4.68 Å². The van der Waals surface area contributed by atoms with E-state index in [1.165, 1.54) is 16.8 Å². The van der Waals surface area contributed by atoms with E-state index in [-0.39, 0.29) is 17.2 Å². The van der Waals surface area contributed by atoms with Gasteiger partial charge in [-0.15, -0.1) is 0 Å². The maximum Gasteiger partial charge on any atom is 0.276 e. The number of benzene rings is 1. The summed E-state index contributed by atoms with van der Waals surface area (Å²) in [4.78, 5) is 24.0. The Bertz CT molecular complexity index is 738. The Morgan fingerprint density at radius 2 is 2.09 bits per heavy atom. The minimum atomic E-state index is -0.381. The molecule has 0 aliphatic rings. The van der Waals surface area contributed by atoms with Gasteiger partial charge in [-0.1, -0.05) is 13.0 Å². The summed E-state index contributed by atoms with van der Waals surface area (Å²) in [5.41, 5.74) is 1.55. The molecule has 116 valence electrons.